The summed E-state index contributed by atoms with van der Waals surface area (Å²) in [4.78, 5) is 2.01. The van der Waals surface area contributed by atoms with Crippen molar-refractivity contribution in [3.8, 4) is 11.5 Å². The zero-order valence-electron chi connectivity index (χ0n) is 14.8. The van der Waals surface area contributed by atoms with Crippen LogP contribution >= 0.6 is 0 Å². The highest BCUT2D eigenvalue weighted by molar-refractivity contribution is 5.31. The van der Waals surface area contributed by atoms with Gasteiger partial charge in [-0.3, -0.25) is 0 Å². The number of aliphatic hydroxyl groups is 1. The number of aryl methyl sites for hydroxylation is 1. The number of rotatable bonds is 10. The molecule has 1 atom stereocenters. The lowest BCUT2D eigenvalue weighted by Crippen LogP contribution is -2.34. The largest absolute Gasteiger partial charge is 0.493 e. The number of likely N-dealkylation sites (N-methyl/N-ethyl adjacent to an activating group) is 1. The van der Waals surface area contributed by atoms with Crippen LogP contribution in [0, 0.1) is 12.7 Å². The molecule has 2 aromatic carbocycles. The number of para-hydroxylation sites is 2. The summed E-state index contributed by atoms with van der Waals surface area (Å²) >= 11 is 0. The van der Waals surface area contributed by atoms with Crippen molar-refractivity contribution in [3.63, 3.8) is 0 Å². The van der Waals surface area contributed by atoms with Gasteiger partial charge in [-0.1, -0.05) is 30.3 Å². The lowest BCUT2D eigenvalue weighted by atomic mass is 10.2. The molecule has 4 nitrogen and oxygen atoms in total. The molecule has 1 N–H and O–H groups in total. The summed E-state index contributed by atoms with van der Waals surface area (Å²) in [5, 5.41) is 10.0. The zero-order valence-corrected chi connectivity index (χ0v) is 14.8. The zero-order chi connectivity index (χ0) is 18.1. The van der Waals surface area contributed by atoms with Crippen molar-refractivity contribution in [2.45, 2.75) is 19.4 Å². The van der Waals surface area contributed by atoms with E-state index >= 15 is 0 Å². The third kappa shape index (κ3) is 6.72. The molecular weight excluding hydrogens is 321 g/mol. The van der Waals surface area contributed by atoms with E-state index in [0.717, 1.165) is 24.3 Å². The Kier molecular flexibility index (Phi) is 7.70. The van der Waals surface area contributed by atoms with Gasteiger partial charge in [0.05, 0.1) is 6.61 Å². The molecule has 0 aromatic heterocycles. The molecule has 136 valence electrons. The summed E-state index contributed by atoms with van der Waals surface area (Å²) in [5.41, 5.74) is 1.12. The number of hydrogen-bond donors (Lipinski definition) is 1. The van der Waals surface area contributed by atoms with E-state index in [1.165, 1.54) is 6.07 Å². The average Bonchev–Trinajstić information content (AvgIpc) is 2.59. The van der Waals surface area contributed by atoms with Gasteiger partial charge < -0.3 is 19.5 Å². The first kappa shape index (κ1) is 19.2. The van der Waals surface area contributed by atoms with Crippen molar-refractivity contribution in [1.82, 2.24) is 4.90 Å². The molecule has 0 radical (unpaired) electrons. The van der Waals surface area contributed by atoms with Gasteiger partial charge >= 0.3 is 0 Å². The van der Waals surface area contributed by atoms with Crippen LogP contribution in [0.3, 0.4) is 0 Å². The highest BCUT2D eigenvalue weighted by Crippen LogP contribution is 2.16. The fraction of sp³-hybridized carbons (Fsp3) is 0.400. The second-order valence-corrected chi connectivity index (χ2v) is 6.13. The minimum atomic E-state index is -0.679. The molecule has 0 heterocycles. The first-order valence-electron chi connectivity index (χ1n) is 8.48. The Morgan fingerprint density at radius 2 is 1.72 bits per heavy atom. The molecule has 0 amide bonds. The van der Waals surface area contributed by atoms with Crippen molar-refractivity contribution in [2.24, 2.45) is 0 Å². The third-order valence-corrected chi connectivity index (χ3v) is 3.83. The normalized spacial score (nSPS) is 12.2. The van der Waals surface area contributed by atoms with Gasteiger partial charge in [0.15, 0.2) is 11.6 Å². The molecular formula is C20H26FNO3. The van der Waals surface area contributed by atoms with Gasteiger partial charge in [-0.25, -0.2) is 4.39 Å². The number of hydrogen-bond acceptors (Lipinski definition) is 4. The molecule has 0 spiro atoms. The predicted molar refractivity (Wildman–Crippen MR) is 96.7 cm³/mol. The molecule has 5 heteroatoms. The summed E-state index contributed by atoms with van der Waals surface area (Å²) < 4.78 is 24.5. The maximum atomic E-state index is 13.4. The SMILES string of the molecule is Cc1ccccc1OCCCN(C)CC(O)COc1ccccc1F. The molecule has 1 unspecified atom stereocenters. The van der Waals surface area contributed by atoms with E-state index in [1.54, 1.807) is 18.2 Å². The standard InChI is InChI=1S/C20H26FNO3/c1-16-8-3-5-10-19(16)24-13-7-12-22(2)14-17(23)15-25-20-11-6-4-9-18(20)21/h3-6,8-11,17,23H,7,12-15H2,1-2H3. The number of ether oxygens (including phenoxy) is 2. The van der Waals surface area contributed by atoms with Gasteiger partial charge in [0.25, 0.3) is 0 Å². The quantitative estimate of drug-likeness (QED) is 0.670. The molecule has 25 heavy (non-hydrogen) atoms. The smallest absolute Gasteiger partial charge is 0.165 e. The Bertz CT molecular complexity index is 650. The second kappa shape index (κ2) is 10.0. The fourth-order valence-corrected chi connectivity index (χ4v) is 2.49. The number of halogens is 1. The summed E-state index contributed by atoms with van der Waals surface area (Å²) in [6.07, 6.45) is 0.174. The van der Waals surface area contributed by atoms with E-state index in [4.69, 9.17) is 9.47 Å². The molecule has 2 rings (SSSR count). The third-order valence-electron chi connectivity index (χ3n) is 3.83. The van der Waals surface area contributed by atoms with E-state index in [1.807, 2.05) is 43.1 Å². The highest BCUT2D eigenvalue weighted by Gasteiger charge is 2.10. The van der Waals surface area contributed by atoms with Crippen LogP contribution in [-0.2, 0) is 0 Å². The van der Waals surface area contributed by atoms with Crippen LogP contribution in [-0.4, -0.2) is 49.5 Å². The topological polar surface area (TPSA) is 41.9 Å². The van der Waals surface area contributed by atoms with Crippen molar-refractivity contribution in [1.29, 1.82) is 0 Å². The molecule has 0 saturated carbocycles. The van der Waals surface area contributed by atoms with E-state index < -0.39 is 11.9 Å². The predicted octanol–water partition coefficient (Wildman–Crippen LogP) is 3.27. The van der Waals surface area contributed by atoms with Gasteiger partial charge in [0.1, 0.15) is 18.5 Å². The number of aliphatic hydroxyl groups excluding tert-OH is 1. The van der Waals surface area contributed by atoms with Crippen LogP contribution in [0.5, 0.6) is 11.5 Å². The lowest BCUT2D eigenvalue weighted by molar-refractivity contribution is 0.0733. The van der Waals surface area contributed by atoms with Crippen molar-refractivity contribution in [2.75, 3.05) is 33.4 Å². The molecule has 0 fully saturated rings. The van der Waals surface area contributed by atoms with E-state index in [0.29, 0.717) is 13.2 Å². The Hall–Kier alpha value is -2.11. The summed E-state index contributed by atoms with van der Waals surface area (Å²) in [6, 6.07) is 14.1. The number of nitrogens with zero attached hydrogens (tertiary/aromatic N) is 1. The van der Waals surface area contributed by atoms with Crippen LogP contribution < -0.4 is 9.47 Å². The van der Waals surface area contributed by atoms with Crippen LogP contribution in [0.25, 0.3) is 0 Å². The molecule has 0 saturated heterocycles. The van der Waals surface area contributed by atoms with Gasteiger partial charge in [-0.05, 0) is 44.2 Å². The second-order valence-electron chi connectivity index (χ2n) is 6.13. The summed E-state index contributed by atoms with van der Waals surface area (Å²) in [6.45, 7) is 3.96. The van der Waals surface area contributed by atoms with Crippen LogP contribution in [0.4, 0.5) is 4.39 Å². The molecule has 2 aromatic rings. The first-order chi connectivity index (χ1) is 12.1. The van der Waals surface area contributed by atoms with Gasteiger partial charge in [0, 0.05) is 13.1 Å². The summed E-state index contributed by atoms with van der Waals surface area (Å²) in [5.74, 6) is 0.649. The van der Waals surface area contributed by atoms with Crippen LogP contribution in [0.1, 0.15) is 12.0 Å². The maximum Gasteiger partial charge on any atom is 0.165 e. The first-order valence-corrected chi connectivity index (χ1v) is 8.48. The Morgan fingerprint density at radius 3 is 2.44 bits per heavy atom. The Morgan fingerprint density at radius 1 is 1.04 bits per heavy atom. The Balaban J connectivity index is 1.62. The fourth-order valence-electron chi connectivity index (χ4n) is 2.49. The van der Waals surface area contributed by atoms with Gasteiger partial charge in [-0.15, -0.1) is 0 Å². The lowest BCUT2D eigenvalue weighted by Gasteiger charge is -2.21. The van der Waals surface area contributed by atoms with E-state index in [-0.39, 0.29) is 12.4 Å². The monoisotopic (exact) mass is 347 g/mol. The minimum absolute atomic E-state index is 0.0605. The average molecular weight is 347 g/mol. The van der Waals surface area contributed by atoms with Crippen molar-refractivity contribution >= 4 is 0 Å². The molecule has 0 aliphatic carbocycles. The van der Waals surface area contributed by atoms with Crippen molar-refractivity contribution < 1.29 is 19.0 Å². The van der Waals surface area contributed by atoms with Gasteiger partial charge in [0.2, 0.25) is 0 Å². The molecule has 0 bridgehead atoms. The van der Waals surface area contributed by atoms with Crippen molar-refractivity contribution in [3.05, 3.63) is 59.9 Å². The number of benzene rings is 2. The minimum Gasteiger partial charge on any atom is -0.493 e. The summed E-state index contributed by atoms with van der Waals surface area (Å²) in [7, 11) is 1.93. The molecule has 0 aliphatic rings. The van der Waals surface area contributed by atoms with E-state index in [9.17, 15) is 9.50 Å². The molecule has 0 aliphatic heterocycles. The van der Waals surface area contributed by atoms with Crippen LogP contribution in [0.2, 0.25) is 0 Å². The van der Waals surface area contributed by atoms with E-state index in [2.05, 4.69) is 0 Å². The van der Waals surface area contributed by atoms with Gasteiger partial charge in [-0.2, -0.15) is 0 Å². The Labute approximate surface area is 148 Å². The van der Waals surface area contributed by atoms with Crippen LogP contribution in [0.15, 0.2) is 48.5 Å². The highest BCUT2D eigenvalue weighted by atomic mass is 19.1. The maximum absolute atomic E-state index is 13.4.